The minimum absolute atomic E-state index is 0.115. The van der Waals surface area contributed by atoms with Gasteiger partial charge in [0.2, 0.25) is 0 Å². The Hall–Kier alpha value is -0.880. The molecular formula is C13H21BrN4O. The Labute approximate surface area is 121 Å². The second-order valence-electron chi connectivity index (χ2n) is 5.03. The lowest BCUT2D eigenvalue weighted by Gasteiger charge is -2.34. The van der Waals surface area contributed by atoms with Crippen molar-refractivity contribution in [1.29, 1.82) is 0 Å². The third-order valence-corrected chi connectivity index (χ3v) is 4.17. The van der Waals surface area contributed by atoms with Crippen molar-refractivity contribution >= 4 is 21.7 Å². The average Bonchev–Trinajstić information content (AvgIpc) is 2.43. The molecule has 1 aromatic rings. The van der Waals surface area contributed by atoms with E-state index in [-0.39, 0.29) is 5.56 Å². The van der Waals surface area contributed by atoms with E-state index in [1.54, 1.807) is 0 Å². The molecule has 1 aliphatic rings. The van der Waals surface area contributed by atoms with Crippen molar-refractivity contribution < 1.29 is 0 Å². The minimum atomic E-state index is -0.115. The first kappa shape index (κ1) is 14.5. The van der Waals surface area contributed by atoms with Crippen molar-refractivity contribution in [2.45, 2.75) is 26.2 Å². The first-order valence-electron chi connectivity index (χ1n) is 6.91. The molecule has 0 saturated carbocycles. The van der Waals surface area contributed by atoms with Crippen LogP contribution < -0.4 is 15.8 Å². The lowest BCUT2D eigenvalue weighted by atomic mass is 9.98. The Morgan fingerprint density at radius 3 is 3.26 bits per heavy atom. The number of rotatable bonds is 5. The Morgan fingerprint density at radius 1 is 1.63 bits per heavy atom. The zero-order valence-corrected chi connectivity index (χ0v) is 12.9. The molecule has 0 bridgehead atoms. The Morgan fingerprint density at radius 2 is 2.47 bits per heavy atom. The third-order valence-electron chi connectivity index (χ3n) is 3.46. The molecule has 6 heteroatoms. The summed E-state index contributed by atoms with van der Waals surface area (Å²) in [5.74, 6) is 1.40. The van der Waals surface area contributed by atoms with Crippen molar-refractivity contribution in [2.24, 2.45) is 5.92 Å². The summed E-state index contributed by atoms with van der Waals surface area (Å²) in [5.41, 5.74) is -0.115. The van der Waals surface area contributed by atoms with E-state index in [0.717, 1.165) is 44.8 Å². The van der Waals surface area contributed by atoms with E-state index in [9.17, 15) is 4.79 Å². The van der Waals surface area contributed by atoms with Crippen LogP contribution in [0.25, 0.3) is 0 Å². The highest BCUT2D eigenvalue weighted by Crippen LogP contribution is 2.25. The van der Waals surface area contributed by atoms with Gasteiger partial charge in [-0.1, -0.05) is 6.92 Å². The molecule has 0 aliphatic carbocycles. The topological polar surface area (TPSA) is 61.0 Å². The maximum Gasteiger partial charge on any atom is 0.267 e. The van der Waals surface area contributed by atoms with Crippen LogP contribution in [0.4, 0.5) is 5.82 Å². The number of halogens is 1. The van der Waals surface area contributed by atoms with Gasteiger partial charge in [-0.2, -0.15) is 0 Å². The predicted octanol–water partition coefficient (Wildman–Crippen LogP) is 1.75. The van der Waals surface area contributed by atoms with Gasteiger partial charge in [0.15, 0.2) is 0 Å². The minimum Gasteiger partial charge on any atom is -0.355 e. The number of hydrogen-bond acceptors (Lipinski definition) is 4. The molecule has 1 atom stereocenters. The lowest BCUT2D eigenvalue weighted by molar-refractivity contribution is 0.390. The van der Waals surface area contributed by atoms with Crippen LogP contribution in [0.15, 0.2) is 15.6 Å². The summed E-state index contributed by atoms with van der Waals surface area (Å²) in [5, 5.41) is 3.48. The number of piperidine rings is 1. The molecule has 2 N–H and O–H groups in total. The number of anilines is 1. The molecule has 2 heterocycles. The lowest BCUT2D eigenvalue weighted by Crippen LogP contribution is -2.40. The number of aromatic amines is 1. The number of hydrogen-bond donors (Lipinski definition) is 2. The van der Waals surface area contributed by atoms with E-state index < -0.39 is 0 Å². The summed E-state index contributed by atoms with van der Waals surface area (Å²) in [6.07, 6.45) is 5.03. The molecular weight excluding hydrogens is 308 g/mol. The molecule has 1 aromatic heterocycles. The van der Waals surface area contributed by atoms with E-state index in [1.165, 1.54) is 12.7 Å². The summed E-state index contributed by atoms with van der Waals surface area (Å²) in [6, 6.07) is 0. The molecule has 19 heavy (non-hydrogen) atoms. The number of H-pyrrole nitrogens is 1. The fourth-order valence-electron chi connectivity index (χ4n) is 2.50. The average molecular weight is 329 g/mol. The van der Waals surface area contributed by atoms with Crippen LogP contribution in [-0.4, -0.2) is 36.1 Å². The first-order valence-corrected chi connectivity index (χ1v) is 7.70. The molecule has 1 saturated heterocycles. The quantitative estimate of drug-likeness (QED) is 0.808. The van der Waals surface area contributed by atoms with Crippen molar-refractivity contribution in [3.63, 3.8) is 0 Å². The molecule has 1 fully saturated rings. The van der Waals surface area contributed by atoms with Gasteiger partial charge in [0.05, 0.1) is 6.33 Å². The predicted molar refractivity (Wildman–Crippen MR) is 80.7 cm³/mol. The maximum atomic E-state index is 11.6. The van der Waals surface area contributed by atoms with Gasteiger partial charge in [0, 0.05) is 13.1 Å². The van der Waals surface area contributed by atoms with Crippen LogP contribution in [0.1, 0.15) is 26.2 Å². The summed E-state index contributed by atoms with van der Waals surface area (Å²) >= 11 is 3.34. The largest absolute Gasteiger partial charge is 0.355 e. The van der Waals surface area contributed by atoms with Crippen molar-refractivity contribution in [3.8, 4) is 0 Å². The van der Waals surface area contributed by atoms with E-state index in [4.69, 9.17) is 0 Å². The third kappa shape index (κ3) is 3.79. The van der Waals surface area contributed by atoms with Gasteiger partial charge in [0.1, 0.15) is 10.3 Å². The molecule has 1 aliphatic heterocycles. The molecule has 2 rings (SSSR count). The van der Waals surface area contributed by atoms with Gasteiger partial charge in [-0.15, -0.1) is 0 Å². The maximum absolute atomic E-state index is 11.6. The van der Waals surface area contributed by atoms with Crippen LogP contribution >= 0.6 is 15.9 Å². The fourth-order valence-corrected chi connectivity index (χ4v) is 2.97. The number of nitrogens with zero attached hydrogens (tertiary/aromatic N) is 2. The van der Waals surface area contributed by atoms with Crippen LogP contribution in [0.5, 0.6) is 0 Å². The van der Waals surface area contributed by atoms with Crippen molar-refractivity contribution in [1.82, 2.24) is 15.3 Å². The normalized spacial score (nSPS) is 19.7. The van der Waals surface area contributed by atoms with Gasteiger partial charge >= 0.3 is 0 Å². The van der Waals surface area contributed by atoms with Gasteiger partial charge in [-0.25, -0.2) is 4.98 Å². The van der Waals surface area contributed by atoms with Crippen LogP contribution in [0.2, 0.25) is 0 Å². The van der Waals surface area contributed by atoms with Gasteiger partial charge < -0.3 is 15.2 Å². The monoisotopic (exact) mass is 328 g/mol. The highest BCUT2D eigenvalue weighted by molar-refractivity contribution is 9.10. The van der Waals surface area contributed by atoms with Gasteiger partial charge in [-0.3, -0.25) is 4.79 Å². The highest BCUT2D eigenvalue weighted by atomic mass is 79.9. The van der Waals surface area contributed by atoms with Crippen molar-refractivity contribution in [2.75, 3.05) is 31.1 Å². The van der Waals surface area contributed by atoms with E-state index in [1.807, 2.05) is 0 Å². The molecule has 1 unspecified atom stereocenters. The zero-order chi connectivity index (χ0) is 13.7. The van der Waals surface area contributed by atoms with Gasteiger partial charge in [0.25, 0.3) is 5.56 Å². The number of nitrogens with one attached hydrogen (secondary N) is 2. The standard InChI is InChI=1S/C13H21BrN4O/c1-2-5-15-7-10-4-3-6-18(8-10)12-11(14)13(19)17-9-16-12/h9-10,15H,2-8H2,1H3,(H,16,17,19). The number of aromatic nitrogens is 2. The summed E-state index contributed by atoms with van der Waals surface area (Å²) < 4.78 is 0.539. The molecule has 0 radical (unpaired) electrons. The SMILES string of the molecule is CCCNCC1CCCN(c2nc[nH]c(=O)c2Br)C1. The van der Waals surface area contributed by atoms with Gasteiger partial charge in [-0.05, 0) is 54.2 Å². The summed E-state index contributed by atoms with van der Waals surface area (Å²) in [7, 11) is 0. The van der Waals surface area contributed by atoms with Crippen LogP contribution in [-0.2, 0) is 0 Å². The summed E-state index contributed by atoms with van der Waals surface area (Å²) in [6.45, 7) is 6.23. The molecule has 0 amide bonds. The zero-order valence-electron chi connectivity index (χ0n) is 11.3. The Kier molecular flexibility index (Phi) is 5.39. The highest BCUT2D eigenvalue weighted by Gasteiger charge is 2.22. The van der Waals surface area contributed by atoms with E-state index in [0.29, 0.717) is 10.4 Å². The molecule has 0 aromatic carbocycles. The molecule has 106 valence electrons. The Balaban J connectivity index is 2.00. The second kappa shape index (κ2) is 7.05. The van der Waals surface area contributed by atoms with E-state index >= 15 is 0 Å². The Bertz CT molecular complexity index is 462. The molecule has 5 nitrogen and oxygen atoms in total. The van der Waals surface area contributed by atoms with Crippen LogP contribution in [0.3, 0.4) is 0 Å². The van der Waals surface area contributed by atoms with E-state index in [2.05, 4.69) is 43.0 Å². The van der Waals surface area contributed by atoms with Crippen molar-refractivity contribution in [3.05, 3.63) is 21.2 Å². The smallest absolute Gasteiger partial charge is 0.267 e. The first-order chi connectivity index (χ1) is 9.22. The fraction of sp³-hybridized carbons (Fsp3) is 0.692. The molecule has 0 spiro atoms. The van der Waals surface area contributed by atoms with Crippen LogP contribution in [0, 0.1) is 5.92 Å². The second-order valence-corrected chi connectivity index (χ2v) is 5.82. The summed E-state index contributed by atoms with van der Waals surface area (Å²) in [4.78, 5) is 20.7.